The molecule has 0 spiro atoms. The number of halogens is 1. The number of piperidine rings is 1. The van der Waals surface area contributed by atoms with Crippen molar-refractivity contribution in [1.29, 1.82) is 0 Å². The minimum atomic E-state index is 0. The minimum absolute atomic E-state index is 0. The molecule has 1 aliphatic heterocycles. The molecule has 26 heavy (non-hydrogen) atoms. The highest BCUT2D eigenvalue weighted by molar-refractivity contribution is 14.0. The average Bonchev–Trinajstić information content (AvgIpc) is 2.64. The monoisotopic (exact) mass is 474 g/mol. The second kappa shape index (κ2) is 13.3. The van der Waals surface area contributed by atoms with Crippen molar-refractivity contribution in [2.75, 3.05) is 46.9 Å². The first-order chi connectivity index (χ1) is 12.2. The summed E-state index contributed by atoms with van der Waals surface area (Å²) in [4.78, 5) is 6.86. The van der Waals surface area contributed by atoms with E-state index in [4.69, 9.17) is 4.74 Å². The zero-order valence-corrected chi connectivity index (χ0v) is 18.8. The van der Waals surface area contributed by atoms with Gasteiger partial charge in [-0.1, -0.05) is 29.8 Å². The Balaban J connectivity index is 0.00000338. The molecule has 2 N–H and O–H groups in total. The van der Waals surface area contributed by atoms with Gasteiger partial charge in [-0.3, -0.25) is 9.89 Å². The predicted octanol–water partition coefficient (Wildman–Crippen LogP) is 3.03. The number of ether oxygens (including phenoxy) is 1. The van der Waals surface area contributed by atoms with E-state index in [9.17, 15) is 0 Å². The number of nitrogens with zero attached hydrogens (tertiary/aromatic N) is 2. The maximum atomic E-state index is 5.07. The number of aryl methyl sites for hydroxylation is 1. The Morgan fingerprint density at radius 1 is 1.19 bits per heavy atom. The van der Waals surface area contributed by atoms with Crippen LogP contribution in [0.1, 0.15) is 30.4 Å². The van der Waals surface area contributed by atoms with Gasteiger partial charge >= 0.3 is 0 Å². The van der Waals surface area contributed by atoms with Crippen LogP contribution >= 0.6 is 24.0 Å². The molecule has 148 valence electrons. The Labute approximate surface area is 176 Å². The number of hydrogen-bond donors (Lipinski definition) is 2. The molecule has 1 fully saturated rings. The van der Waals surface area contributed by atoms with Crippen LogP contribution in [0.5, 0.6) is 0 Å². The molecule has 0 amide bonds. The first-order valence-corrected chi connectivity index (χ1v) is 9.42. The lowest BCUT2D eigenvalue weighted by Crippen LogP contribution is -2.43. The van der Waals surface area contributed by atoms with Crippen LogP contribution in [0.15, 0.2) is 29.3 Å². The number of benzene rings is 1. The lowest BCUT2D eigenvalue weighted by molar-refractivity contribution is 0.178. The fraction of sp³-hybridized carbons (Fsp3) is 0.650. The largest absolute Gasteiger partial charge is 0.385 e. The van der Waals surface area contributed by atoms with Crippen molar-refractivity contribution in [3.05, 3.63) is 35.4 Å². The molecule has 0 unspecified atom stereocenters. The van der Waals surface area contributed by atoms with Gasteiger partial charge in [-0.05, 0) is 50.8 Å². The molecule has 1 saturated heterocycles. The number of rotatable bonds is 8. The van der Waals surface area contributed by atoms with E-state index in [1.54, 1.807) is 7.11 Å². The molecule has 0 bridgehead atoms. The van der Waals surface area contributed by atoms with Crippen molar-refractivity contribution in [1.82, 2.24) is 15.5 Å². The van der Waals surface area contributed by atoms with Crippen LogP contribution in [0.2, 0.25) is 0 Å². The molecule has 2 rings (SSSR count). The Hall–Kier alpha value is -0.860. The highest BCUT2D eigenvalue weighted by Gasteiger charge is 2.19. The van der Waals surface area contributed by atoms with Gasteiger partial charge in [0.05, 0.1) is 0 Å². The fourth-order valence-corrected chi connectivity index (χ4v) is 3.19. The lowest BCUT2D eigenvalue weighted by atomic mass is 9.96. The Kier molecular flexibility index (Phi) is 11.9. The molecule has 1 heterocycles. The average molecular weight is 474 g/mol. The summed E-state index contributed by atoms with van der Waals surface area (Å²) in [6.45, 7) is 8.25. The summed E-state index contributed by atoms with van der Waals surface area (Å²) >= 11 is 0. The van der Waals surface area contributed by atoms with E-state index < -0.39 is 0 Å². The molecule has 0 aromatic heterocycles. The standard InChI is InChI=1S/C20H34N4O.HI/c1-17-5-7-19(8-6-17)16-24-12-9-18(10-13-24)15-23-20(21-2)22-11-4-14-25-3;/h5-8,18H,4,9-16H2,1-3H3,(H2,21,22,23);1H. The van der Waals surface area contributed by atoms with Gasteiger partial charge in [0.1, 0.15) is 0 Å². The van der Waals surface area contributed by atoms with Gasteiger partial charge in [0.15, 0.2) is 5.96 Å². The van der Waals surface area contributed by atoms with Gasteiger partial charge in [-0.25, -0.2) is 0 Å². The summed E-state index contributed by atoms with van der Waals surface area (Å²) in [6.07, 6.45) is 3.49. The van der Waals surface area contributed by atoms with E-state index in [0.29, 0.717) is 0 Å². The van der Waals surface area contributed by atoms with E-state index >= 15 is 0 Å². The molecule has 6 heteroatoms. The molecule has 1 aliphatic rings. The van der Waals surface area contributed by atoms with Gasteiger partial charge < -0.3 is 15.4 Å². The summed E-state index contributed by atoms with van der Waals surface area (Å²) < 4.78 is 5.07. The van der Waals surface area contributed by atoms with Crippen LogP contribution in [0, 0.1) is 12.8 Å². The maximum Gasteiger partial charge on any atom is 0.190 e. The third-order valence-corrected chi connectivity index (χ3v) is 4.83. The summed E-state index contributed by atoms with van der Waals surface area (Å²) in [7, 11) is 3.56. The quantitative estimate of drug-likeness (QED) is 0.263. The molecule has 1 aromatic carbocycles. The predicted molar refractivity (Wildman–Crippen MR) is 120 cm³/mol. The SMILES string of the molecule is CN=C(NCCCOC)NCC1CCN(Cc2ccc(C)cc2)CC1.I. The lowest BCUT2D eigenvalue weighted by Gasteiger charge is -2.32. The number of likely N-dealkylation sites (tertiary alicyclic amines) is 1. The van der Waals surface area contributed by atoms with Gasteiger partial charge in [-0.15, -0.1) is 24.0 Å². The van der Waals surface area contributed by atoms with Crippen LogP contribution < -0.4 is 10.6 Å². The summed E-state index contributed by atoms with van der Waals surface area (Å²) in [5, 5.41) is 6.80. The van der Waals surface area contributed by atoms with Gasteiger partial charge in [0.25, 0.3) is 0 Å². The zero-order chi connectivity index (χ0) is 17.9. The third-order valence-electron chi connectivity index (χ3n) is 4.83. The maximum absolute atomic E-state index is 5.07. The Morgan fingerprint density at radius 2 is 1.88 bits per heavy atom. The molecule has 1 aromatic rings. The highest BCUT2D eigenvalue weighted by atomic mass is 127. The highest BCUT2D eigenvalue weighted by Crippen LogP contribution is 2.18. The van der Waals surface area contributed by atoms with Gasteiger partial charge in [-0.2, -0.15) is 0 Å². The molecule has 0 radical (unpaired) electrons. The Morgan fingerprint density at radius 3 is 2.50 bits per heavy atom. The smallest absolute Gasteiger partial charge is 0.190 e. The molecule has 0 atom stereocenters. The number of guanidine groups is 1. The first kappa shape index (κ1) is 23.2. The van der Waals surface area contributed by atoms with Crippen molar-refractivity contribution in [2.45, 2.75) is 32.7 Å². The minimum Gasteiger partial charge on any atom is -0.385 e. The van der Waals surface area contributed by atoms with Crippen LogP contribution in [0.4, 0.5) is 0 Å². The van der Waals surface area contributed by atoms with E-state index in [1.165, 1.54) is 37.1 Å². The van der Waals surface area contributed by atoms with Crippen LogP contribution in [0.3, 0.4) is 0 Å². The molecular weight excluding hydrogens is 439 g/mol. The number of nitrogens with one attached hydrogen (secondary N) is 2. The van der Waals surface area contributed by atoms with E-state index in [1.807, 2.05) is 7.05 Å². The molecule has 0 saturated carbocycles. The fourth-order valence-electron chi connectivity index (χ4n) is 3.19. The van der Waals surface area contributed by atoms with Crippen molar-refractivity contribution >= 4 is 29.9 Å². The van der Waals surface area contributed by atoms with Gasteiger partial charge in [0, 0.05) is 40.4 Å². The van der Waals surface area contributed by atoms with Crippen molar-refractivity contribution in [3.63, 3.8) is 0 Å². The topological polar surface area (TPSA) is 48.9 Å². The third kappa shape index (κ3) is 8.68. The first-order valence-electron chi connectivity index (χ1n) is 9.42. The van der Waals surface area contributed by atoms with E-state index in [2.05, 4.69) is 51.7 Å². The van der Waals surface area contributed by atoms with Crippen LogP contribution in [-0.2, 0) is 11.3 Å². The van der Waals surface area contributed by atoms with Crippen molar-refractivity contribution in [3.8, 4) is 0 Å². The van der Waals surface area contributed by atoms with E-state index in [0.717, 1.165) is 44.5 Å². The Bertz CT molecular complexity index is 513. The van der Waals surface area contributed by atoms with E-state index in [-0.39, 0.29) is 24.0 Å². The number of methoxy groups -OCH3 is 1. The van der Waals surface area contributed by atoms with Crippen LogP contribution in [0.25, 0.3) is 0 Å². The normalized spacial score (nSPS) is 16.2. The summed E-state index contributed by atoms with van der Waals surface area (Å²) in [5.41, 5.74) is 2.75. The number of aliphatic imine (C=N–C) groups is 1. The molecular formula is C20H35IN4O. The van der Waals surface area contributed by atoms with Crippen LogP contribution in [-0.4, -0.2) is 57.8 Å². The zero-order valence-electron chi connectivity index (χ0n) is 16.5. The summed E-state index contributed by atoms with van der Waals surface area (Å²) in [5.74, 6) is 1.63. The summed E-state index contributed by atoms with van der Waals surface area (Å²) in [6, 6.07) is 8.92. The van der Waals surface area contributed by atoms with Crippen molar-refractivity contribution < 1.29 is 4.74 Å². The molecule has 5 nitrogen and oxygen atoms in total. The second-order valence-corrected chi connectivity index (χ2v) is 6.93. The van der Waals surface area contributed by atoms with Crippen molar-refractivity contribution in [2.24, 2.45) is 10.9 Å². The van der Waals surface area contributed by atoms with Gasteiger partial charge in [0.2, 0.25) is 0 Å². The molecule has 0 aliphatic carbocycles. The number of hydrogen-bond acceptors (Lipinski definition) is 3. The second-order valence-electron chi connectivity index (χ2n) is 6.93.